The maximum absolute atomic E-state index is 12.9. The largest absolute Gasteiger partial charge is 0.481 e. The van der Waals surface area contributed by atoms with Crippen molar-refractivity contribution >= 4 is 5.91 Å². The molecule has 1 amide bonds. The van der Waals surface area contributed by atoms with Crippen LogP contribution < -0.4 is 10.1 Å². The first-order valence-electron chi connectivity index (χ1n) is 5.87. The van der Waals surface area contributed by atoms with Crippen LogP contribution in [0.5, 0.6) is 5.75 Å². The van der Waals surface area contributed by atoms with Crippen LogP contribution in [0.4, 0.5) is 4.39 Å². The molecule has 0 heterocycles. The summed E-state index contributed by atoms with van der Waals surface area (Å²) in [6, 6.07) is 5.63. The van der Waals surface area contributed by atoms with Crippen molar-refractivity contribution in [3.05, 3.63) is 30.1 Å². The molecule has 18 heavy (non-hydrogen) atoms. The maximum Gasteiger partial charge on any atom is 0.260 e. The number of carbonyl (C=O) groups is 1. The van der Waals surface area contributed by atoms with Crippen molar-refractivity contribution in [3.63, 3.8) is 0 Å². The molecular weight excluding hydrogens is 237 g/mol. The van der Waals surface area contributed by atoms with E-state index in [-0.39, 0.29) is 5.91 Å². The smallest absolute Gasteiger partial charge is 0.260 e. The Bertz CT molecular complexity index is 396. The van der Waals surface area contributed by atoms with Crippen molar-refractivity contribution in [2.24, 2.45) is 0 Å². The molecule has 1 aromatic carbocycles. The van der Waals surface area contributed by atoms with Gasteiger partial charge >= 0.3 is 0 Å². The Labute approximate surface area is 106 Å². The number of hydrogen-bond donors (Lipinski definition) is 2. The second kappa shape index (κ2) is 6.96. The number of ether oxygens (including phenoxy) is 1. The standard InChI is InChI=1S/C13H18FNO3/c1-9(16)6-7-15-13(17)10(2)18-12-5-3-4-11(14)8-12/h3-5,8-10,16H,6-7H2,1-2H3,(H,15,17). The third kappa shape index (κ3) is 5.14. The van der Waals surface area contributed by atoms with Gasteiger partial charge in [-0.3, -0.25) is 4.79 Å². The average Bonchev–Trinajstić information content (AvgIpc) is 2.28. The molecule has 0 radical (unpaired) electrons. The van der Waals surface area contributed by atoms with E-state index >= 15 is 0 Å². The topological polar surface area (TPSA) is 58.6 Å². The predicted molar refractivity (Wildman–Crippen MR) is 65.8 cm³/mol. The number of benzene rings is 1. The molecular formula is C13H18FNO3. The van der Waals surface area contributed by atoms with Gasteiger partial charge in [0.05, 0.1) is 6.10 Å². The first-order chi connectivity index (χ1) is 8.49. The molecule has 0 saturated heterocycles. The van der Waals surface area contributed by atoms with E-state index in [1.807, 2.05) is 0 Å². The van der Waals surface area contributed by atoms with Crippen LogP contribution >= 0.6 is 0 Å². The number of hydrogen-bond acceptors (Lipinski definition) is 3. The van der Waals surface area contributed by atoms with E-state index in [9.17, 15) is 9.18 Å². The highest BCUT2D eigenvalue weighted by Crippen LogP contribution is 2.13. The molecule has 1 aromatic rings. The Hall–Kier alpha value is -1.62. The summed E-state index contributed by atoms with van der Waals surface area (Å²) in [5, 5.41) is 11.7. The first kappa shape index (κ1) is 14.4. The zero-order valence-electron chi connectivity index (χ0n) is 10.5. The van der Waals surface area contributed by atoms with Gasteiger partial charge in [0.1, 0.15) is 11.6 Å². The van der Waals surface area contributed by atoms with Crippen molar-refractivity contribution in [1.82, 2.24) is 5.32 Å². The van der Waals surface area contributed by atoms with E-state index in [2.05, 4.69) is 5.32 Å². The predicted octanol–water partition coefficient (Wildman–Crippen LogP) is 1.48. The zero-order valence-corrected chi connectivity index (χ0v) is 10.5. The summed E-state index contributed by atoms with van der Waals surface area (Å²) in [4.78, 5) is 11.6. The second-order valence-electron chi connectivity index (χ2n) is 4.15. The van der Waals surface area contributed by atoms with Crippen molar-refractivity contribution in [1.29, 1.82) is 0 Å². The van der Waals surface area contributed by atoms with Gasteiger partial charge in [0, 0.05) is 12.6 Å². The summed E-state index contributed by atoms with van der Waals surface area (Å²) in [5.41, 5.74) is 0. The molecule has 5 heteroatoms. The Kier molecular flexibility index (Phi) is 5.58. The molecule has 0 aliphatic heterocycles. The quantitative estimate of drug-likeness (QED) is 0.809. The molecule has 0 aliphatic rings. The van der Waals surface area contributed by atoms with E-state index in [0.29, 0.717) is 18.7 Å². The molecule has 0 aromatic heterocycles. The fraction of sp³-hybridized carbons (Fsp3) is 0.462. The van der Waals surface area contributed by atoms with E-state index in [1.54, 1.807) is 19.9 Å². The molecule has 4 nitrogen and oxygen atoms in total. The van der Waals surface area contributed by atoms with Crippen LogP contribution in [0, 0.1) is 5.82 Å². The summed E-state index contributed by atoms with van der Waals surface area (Å²) >= 11 is 0. The summed E-state index contributed by atoms with van der Waals surface area (Å²) in [6.45, 7) is 3.62. The highest BCUT2D eigenvalue weighted by molar-refractivity contribution is 5.80. The second-order valence-corrected chi connectivity index (χ2v) is 4.15. The monoisotopic (exact) mass is 255 g/mol. The Morgan fingerprint density at radius 3 is 2.83 bits per heavy atom. The lowest BCUT2D eigenvalue weighted by molar-refractivity contribution is -0.127. The van der Waals surface area contributed by atoms with Gasteiger partial charge in [-0.1, -0.05) is 6.07 Å². The van der Waals surface area contributed by atoms with Crippen molar-refractivity contribution < 1.29 is 19.0 Å². The molecule has 2 unspecified atom stereocenters. The maximum atomic E-state index is 12.9. The van der Waals surface area contributed by atoms with Crippen molar-refractivity contribution in [3.8, 4) is 5.75 Å². The minimum Gasteiger partial charge on any atom is -0.481 e. The van der Waals surface area contributed by atoms with Crippen LogP contribution in [-0.2, 0) is 4.79 Å². The van der Waals surface area contributed by atoms with Gasteiger partial charge in [-0.2, -0.15) is 0 Å². The summed E-state index contributed by atoms with van der Waals surface area (Å²) < 4.78 is 18.2. The molecule has 0 bridgehead atoms. The van der Waals surface area contributed by atoms with E-state index in [0.717, 1.165) is 0 Å². The van der Waals surface area contributed by atoms with Gasteiger partial charge < -0.3 is 15.2 Å². The number of rotatable bonds is 6. The lowest BCUT2D eigenvalue weighted by Gasteiger charge is -2.15. The number of aliphatic hydroxyl groups is 1. The van der Waals surface area contributed by atoms with Crippen LogP contribution in [0.25, 0.3) is 0 Å². The zero-order chi connectivity index (χ0) is 13.5. The molecule has 0 spiro atoms. The number of amides is 1. The van der Waals surface area contributed by atoms with Gasteiger partial charge in [-0.05, 0) is 32.4 Å². The highest BCUT2D eigenvalue weighted by atomic mass is 19.1. The van der Waals surface area contributed by atoms with Gasteiger partial charge in [-0.15, -0.1) is 0 Å². The molecule has 1 rings (SSSR count). The van der Waals surface area contributed by atoms with E-state index in [4.69, 9.17) is 9.84 Å². The molecule has 100 valence electrons. The van der Waals surface area contributed by atoms with E-state index in [1.165, 1.54) is 18.2 Å². The number of aliphatic hydroxyl groups excluding tert-OH is 1. The molecule has 2 atom stereocenters. The van der Waals surface area contributed by atoms with Crippen LogP contribution in [0.2, 0.25) is 0 Å². The third-order valence-corrected chi connectivity index (χ3v) is 2.34. The highest BCUT2D eigenvalue weighted by Gasteiger charge is 2.14. The third-order valence-electron chi connectivity index (χ3n) is 2.34. The first-order valence-corrected chi connectivity index (χ1v) is 5.87. The normalized spacial score (nSPS) is 13.8. The molecule has 0 aliphatic carbocycles. The SMILES string of the molecule is CC(O)CCNC(=O)C(C)Oc1cccc(F)c1. The Morgan fingerprint density at radius 1 is 1.50 bits per heavy atom. The molecule has 2 N–H and O–H groups in total. The van der Waals surface area contributed by atoms with Crippen LogP contribution in [0.15, 0.2) is 24.3 Å². The molecule has 0 fully saturated rings. The van der Waals surface area contributed by atoms with Gasteiger partial charge in [-0.25, -0.2) is 4.39 Å². The number of carbonyl (C=O) groups excluding carboxylic acids is 1. The number of nitrogens with one attached hydrogen (secondary N) is 1. The fourth-order valence-electron chi connectivity index (χ4n) is 1.35. The average molecular weight is 255 g/mol. The summed E-state index contributed by atoms with van der Waals surface area (Å²) in [5.74, 6) is -0.387. The minimum atomic E-state index is -0.708. The van der Waals surface area contributed by atoms with Crippen LogP contribution in [0.3, 0.4) is 0 Å². The van der Waals surface area contributed by atoms with E-state index < -0.39 is 18.0 Å². The Balaban J connectivity index is 2.40. The van der Waals surface area contributed by atoms with Gasteiger partial charge in [0.2, 0.25) is 0 Å². The summed E-state index contributed by atoms with van der Waals surface area (Å²) in [7, 11) is 0. The summed E-state index contributed by atoms with van der Waals surface area (Å²) in [6.07, 6.45) is -0.677. The number of halogens is 1. The van der Waals surface area contributed by atoms with Crippen LogP contribution in [0.1, 0.15) is 20.3 Å². The van der Waals surface area contributed by atoms with Gasteiger partial charge in [0.25, 0.3) is 5.91 Å². The van der Waals surface area contributed by atoms with Crippen molar-refractivity contribution in [2.45, 2.75) is 32.5 Å². The molecule has 0 saturated carbocycles. The lowest BCUT2D eigenvalue weighted by Crippen LogP contribution is -2.37. The lowest BCUT2D eigenvalue weighted by atomic mass is 10.3. The van der Waals surface area contributed by atoms with Crippen LogP contribution in [-0.4, -0.2) is 29.8 Å². The fourth-order valence-corrected chi connectivity index (χ4v) is 1.35. The Morgan fingerprint density at radius 2 is 2.22 bits per heavy atom. The van der Waals surface area contributed by atoms with Crippen molar-refractivity contribution in [2.75, 3.05) is 6.54 Å². The van der Waals surface area contributed by atoms with Gasteiger partial charge in [0.15, 0.2) is 6.10 Å². The minimum absolute atomic E-state index is 0.292.